The van der Waals surface area contributed by atoms with E-state index in [0.29, 0.717) is 18.4 Å². The van der Waals surface area contributed by atoms with E-state index in [0.717, 1.165) is 38.9 Å². The summed E-state index contributed by atoms with van der Waals surface area (Å²) in [5.74, 6) is 1.12. The zero-order valence-electron chi connectivity index (χ0n) is 15.6. The summed E-state index contributed by atoms with van der Waals surface area (Å²) in [6.07, 6.45) is 6.65. The van der Waals surface area contributed by atoms with Crippen LogP contribution in [0.1, 0.15) is 52.4 Å². The predicted molar refractivity (Wildman–Crippen MR) is 99.4 cm³/mol. The number of hydrogen-bond donors (Lipinski definition) is 3. The number of hydrogen-bond acceptors (Lipinski definition) is 3. The summed E-state index contributed by atoms with van der Waals surface area (Å²) in [5.41, 5.74) is 0. The summed E-state index contributed by atoms with van der Waals surface area (Å²) in [6, 6.07) is 0.194. The van der Waals surface area contributed by atoms with Gasteiger partial charge in [0.05, 0.1) is 0 Å². The van der Waals surface area contributed by atoms with Gasteiger partial charge in [0.1, 0.15) is 6.54 Å². The van der Waals surface area contributed by atoms with Crippen LogP contribution in [0.25, 0.3) is 0 Å². The zero-order valence-corrected chi connectivity index (χ0v) is 15.6. The van der Waals surface area contributed by atoms with Crippen molar-refractivity contribution in [1.29, 1.82) is 0 Å². The van der Waals surface area contributed by atoms with Gasteiger partial charge in [-0.3, -0.25) is 9.59 Å². The topological polar surface area (TPSA) is 85.8 Å². The highest BCUT2D eigenvalue weighted by Crippen LogP contribution is 2.26. The summed E-state index contributed by atoms with van der Waals surface area (Å²) >= 11 is 0. The van der Waals surface area contributed by atoms with Crippen molar-refractivity contribution in [3.05, 3.63) is 0 Å². The Morgan fingerprint density at radius 2 is 1.76 bits per heavy atom. The van der Waals surface area contributed by atoms with E-state index in [1.54, 1.807) is 0 Å². The lowest BCUT2D eigenvalue weighted by molar-refractivity contribution is -0.135. The molecule has 7 heteroatoms. The van der Waals surface area contributed by atoms with E-state index >= 15 is 0 Å². The number of likely N-dealkylation sites (N-methyl/N-ethyl adjacent to an activating group) is 1. The number of likely N-dealkylation sites (tertiary alicyclic amines) is 1. The predicted octanol–water partition coefficient (Wildman–Crippen LogP) is 0.859. The Bertz CT molecular complexity index is 474. The monoisotopic (exact) mass is 351 g/mol. The average Bonchev–Trinajstić information content (AvgIpc) is 3.09. The zero-order chi connectivity index (χ0) is 18.1. The van der Waals surface area contributed by atoms with Gasteiger partial charge in [0.2, 0.25) is 11.8 Å². The minimum atomic E-state index is -0.0831. The Hall–Kier alpha value is -1.79. The first-order chi connectivity index (χ1) is 12.1. The van der Waals surface area contributed by atoms with Gasteiger partial charge in [-0.2, -0.15) is 0 Å². The van der Waals surface area contributed by atoms with Crippen LogP contribution in [0, 0.1) is 5.92 Å². The molecule has 2 amide bonds. The molecule has 1 aliphatic carbocycles. The minimum Gasteiger partial charge on any atom is -0.357 e. The largest absolute Gasteiger partial charge is 0.357 e. The molecule has 0 radical (unpaired) electrons. The Balaban J connectivity index is 1.83. The van der Waals surface area contributed by atoms with Crippen molar-refractivity contribution < 1.29 is 9.59 Å². The van der Waals surface area contributed by atoms with Crippen molar-refractivity contribution in [2.75, 3.05) is 32.7 Å². The normalized spacial score (nSPS) is 21.9. The van der Waals surface area contributed by atoms with Crippen molar-refractivity contribution in [2.24, 2.45) is 10.9 Å². The standard InChI is InChI=1S/C18H33N5O2/c1-3-19-16(24)12-21-18(20-4-2)22-15-10-11-23(13-15)17(25)14-8-6-5-7-9-14/h14-15H,3-13H2,1-2H3,(H,19,24)(H2,20,21,22). The van der Waals surface area contributed by atoms with Crippen LogP contribution in [0.15, 0.2) is 4.99 Å². The fourth-order valence-corrected chi connectivity index (χ4v) is 3.60. The third-order valence-corrected chi connectivity index (χ3v) is 4.89. The van der Waals surface area contributed by atoms with Crippen molar-refractivity contribution in [3.63, 3.8) is 0 Å². The maximum Gasteiger partial charge on any atom is 0.241 e. The average molecular weight is 351 g/mol. The van der Waals surface area contributed by atoms with Gasteiger partial charge in [0.15, 0.2) is 5.96 Å². The number of amides is 2. The third-order valence-electron chi connectivity index (χ3n) is 4.89. The molecule has 2 aliphatic rings. The summed E-state index contributed by atoms with van der Waals surface area (Å²) in [6.45, 7) is 6.88. The van der Waals surface area contributed by atoms with Gasteiger partial charge in [0, 0.05) is 38.1 Å². The Morgan fingerprint density at radius 1 is 1.04 bits per heavy atom. The Morgan fingerprint density at radius 3 is 2.44 bits per heavy atom. The van der Waals surface area contributed by atoms with E-state index in [2.05, 4.69) is 20.9 Å². The van der Waals surface area contributed by atoms with Crippen LogP contribution in [0.4, 0.5) is 0 Å². The molecule has 1 aliphatic heterocycles. The molecule has 0 aromatic heterocycles. The van der Waals surface area contributed by atoms with Crippen LogP contribution < -0.4 is 16.0 Å². The number of aliphatic imine (C=N–C) groups is 1. The molecule has 0 aromatic rings. The second kappa shape index (κ2) is 10.3. The molecule has 3 N–H and O–H groups in total. The molecule has 1 saturated carbocycles. The van der Waals surface area contributed by atoms with E-state index in [1.165, 1.54) is 19.3 Å². The number of guanidine groups is 1. The van der Waals surface area contributed by atoms with E-state index in [-0.39, 0.29) is 24.4 Å². The van der Waals surface area contributed by atoms with Crippen LogP contribution >= 0.6 is 0 Å². The molecule has 1 atom stereocenters. The van der Waals surface area contributed by atoms with Crippen LogP contribution in [-0.2, 0) is 9.59 Å². The molecule has 142 valence electrons. The quantitative estimate of drug-likeness (QED) is 0.489. The molecule has 2 rings (SSSR count). The van der Waals surface area contributed by atoms with Gasteiger partial charge in [-0.05, 0) is 33.1 Å². The number of nitrogens with zero attached hydrogens (tertiary/aromatic N) is 2. The third kappa shape index (κ3) is 6.21. The molecule has 2 fully saturated rings. The lowest BCUT2D eigenvalue weighted by Gasteiger charge is -2.26. The van der Waals surface area contributed by atoms with E-state index in [1.807, 2.05) is 18.7 Å². The van der Waals surface area contributed by atoms with Crippen molar-refractivity contribution >= 4 is 17.8 Å². The van der Waals surface area contributed by atoms with Crippen molar-refractivity contribution in [3.8, 4) is 0 Å². The van der Waals surface area contributed by atoms with Crippen molar-refractivity contribution in [1.82, 2.24) is 20.9 Å². The Labute approximate surface area is 151 Å². The number of nitrogens with one attached hydrogen (secondary N) is 3. The highest BCUT2D eigenvalue weighted by molar-refractivity contribution is 5.85. The summed E-state index contributed by atoms with van der Waals surface area (Å²) < 4.78 is 0. The molecule has 7 nitrogen and oxygen atoms in total. The first-order valence-electron chi connectivity index (χ1n) is 9.74. The van der Waals surface area contributed by atoms with Gasteiger partial charge >= 0.3 is 0 Å². The Kier molecular flexibility index (Phi) is 8.01. The second-order valence-corrected chi connectivity index (χ2v) is 6.90. The molecule has 1 unspecified atom stereocenters. The lowest BCUT2D eigenvalue weighted by atomic mass is 9.88. The number of carbonyl (C=O) groups is 2. The SMILES string of the molecule is CCNC(=O)CN=C(NCC)NC1CCN(C(=O)C2CCCCC2)C1. The molecule has 0 spiro atoms. The van der Waals surface area contributed by atoms with E-state index in [4.69, 9.17) is 0 Å². The molecule has 1 heterocycles. The van der Waals surface area contributed by atoms with Crippen molar-refractivity contribution in [2.45, 2.75) is 58.4 Å². The molecule has 0 aromatic carbocycles. The summed E-state index contributed by atoms with van der Waals surface area (Å²) in [7, 11) is 0. The number of carbonyl (C=O) groups excluding carboxylic acids is 2. The second-order valence-electron chi connectivity index (χ2n) is 6.90. The maximum absolute atomic E-state index is 12.6. The molecule has 25 heavy (non-hydrogen) atoms. The van der Waals surface area contributed by atoms with Gasteiger partial charge in [-0.15, -0.1) is 0 Å². The molecule has 0 bridgehead atoms. The smallest absolute Gasteiger partial charge is 0.241 e. The van der Waals surface area contributed by atoms with E-state index in [9.17, 15) is 9.59 Å². The van der Waals surface area contributed by atoms with Crippen LogP contribution in [0.3, 0.4) is 0 Å². The molecule has 1 saturated heterocycles. The fraction of sp³-hybridized carbons (Fsp3) is 0.833. The highest BCUT2D eigenvalue weighted by Gasteiger charge is 2.31. The van der Waals surface area contributed by atoms with Gasteiger partial charge < -0.3 is 20.9 Å². The van der Waals surface area contributed by atoms with E-state index < -0.39 is 0 Å². The lowest BCUT2D eigenvalue weighted by Crippen LogP contribution is -2.46. The molecular formula is C18H33N5O2. The summed E-state index contributed by atoms with van der Waals surface area (Å²) in [4.78, 5) is 30.6. The first kappa shape index (κ1) is 19.5. The summed E-state index contributed by atoms with van der Waals surface area (Å²) in [5, 5.41) is 9.28. The molecular weight excluding hydrogens is 318 g/mol. The minimum absolute atomic E-state index is 0.0831. The van der Waals surface area contributed by atoms with Crippen LogP contribution in [0.5, 0.6) is 0 Å². The van der Waals surface area contributed by atoms with Gasteiger partial charge in [-0.1, -0.05) is 19.3 Å². The van der Waals surface area contributed by atoms with Crippen LogP contribution in [0.2, 0.25) is 0 Å². The van der Waals surface area contributed by atoms with Gasteiger partial charge in [-0.25, -0.2) is 4.99 Å². The first-order valence-corrected chi connectivity index (χ1v) is 9.74. The maximum atomic E-state index is 12.6. The van der Waals surface area contributed by atoms with Gasteiger partial charge in [0.25, 0.3) is 0 Å². The highest BCUT2D eigenvalue weighted by atomic mass is 16.2. The number of rotatable bonds is 6. The van der Waals surface area contributed by atoms with Crippen LogP contribution in [-0.4, -0.2) is 61.4 Å². The fourth-order valence-electron chi connectivity index (χ4n) is 3.60.